The minimum absolute atomic E-state index is 0.191. The number of carboxylic acid groups (broad SMARTS) is 1. The molecule has 1 heterocycles. The molecule has 6 heteroatoms. The zero-order valence-electron chi connectivity index (χ0n) is 10.6. The number of nitrogens with zero attached hydrogens (tertiary/aromatic N) is 2. The Bertz CT molecular complexity index is 405. The molecule has 1 fully saturated rings. The van der Waals surface area contributed by atoms with Crippen LogP contribution in [0.5, 0.6) is 0 Å². The smallest absolute Gasteiger partial charge is 0.306 e. The Hall–Kier alpha value is -1.43. The van der Waals surface area contributed by atoms with Crippen molar-refractivity contribution in [3.63, 3.8) is 0 Å². The Balaban J connectivity index is 1.71. The quantitative estimate of drug-likeness (QED) is 0.818. The van der Waals surface area contributed by atoms with Crippen LogP contribution >= 0.6 is 0 Å². The van der Waals surface area contributed by atoms with Gasteiger partial charge in [0.05, 0.1) is 5.92 Å². The van der Waals surface area contributed by atoms with Gasteiger partial charge in [-0.1, -0.05) is 11.6 Å². The van der Waals surface area contributed by atoms with Crippen molar-refractivity contribution in [1.29, 1.82) is 0 Å². The second-order valence-electron chi connectivity index (χ2n) is 4.83. The van der Waals surface area contributed by atoms with Crippen LogP contribution in [0.15, 0.2) is 4.52 Å². The highest BCUT2D eigenvalue weighted by molar-refractivity contribution is 5.70. The molecule has 0 radical (unpaired) electrons. The topological polar surface area (TPSA) is 88.2 Å². The van der Waals surface area contributed by atoms with E-state index in [0.717, 1.165) is 32.2 Å². The molecule has 0 aromatic carbocycles. The molecule has 0 amide bonds. The molecule has 6 nitrogen and oxygen atoms in total. The Morgan fingerprint density at radius 1 is 1.56 bits per heavy atom. The van der Waals surface area contributed by atoms with Gasteiger partial charge in [0.2, 0.25) is 5.89 Å². The van der Waals surface area contributed by atoms with Crippen molar-refractivity contribution in [2.75, 3.05) is 6.54 Å². The number of hydrogen-bond donors (Lipinski definition) is 2. The Kier molecular flexibility index (Phi) is 4.30. The summed E-state index contributed by atoms with van der Waals surface area (Å²) in [4.78, 5) is 15.1. The van der Waals surface area contributed by atoms with E-state index in [9.17, 15) is 4.79 Å². The molecule has 0 bridgehead atoms. The van der Waals surface area contributed by atoms with E-state index in [-0.39, 0.29) is 5.92 Å². The van der Waals surface area contributed by atoms with Crippen LogP contribution in [-0.2, 0) is 11.2 Å². The Morgan fingerprint density at radius 2 is 2.39 bits per heavy atom. The third kappa shape index (κ3) is 3.53. The van der Waals surface area contributed by atoms with Crippen molar-refractivity contribution in [3.05, 3.63) is 11.7 Å². The van der Waals surface area contributed by atoms with Gasteiger partial charge in [-0.3, -0.25) is 4.79 Å². The summed E-state index contributed by atoms with van der Waals surface area (Å²) in [5, 5.41) is 16.2. The van der Waals surface area contributed by atoms with E-state index in [1.54, 1.807) is 6.92 Å². The maximum absolute atomic E-state index is 10.9. The minimum Gasteiger partial charge on any atom is -0.481 e. The predicted molar refractivity (Wildman–Crippen MR) is 64.1 cm³/mol. The van der Waals surface area contributed by atoms with E-state index >= 15 is 0 Å². The standard InChI is InChI=1S/C12H19N3O3/c1-8-14-11(15-18-8)5-6-13-10-4-2-3-9(7-10)12(16)17/h9-10,13H,2-7H2,1H3,(H,16,17). The first kappa shape index (κ1) is 13.0. The van der Waals surface area contributed by atoms with Crippen molar-refractivity contribution in [1.82, 2.24) is 15.5 Å². The monoisotopic (exact) mass is 253 g/mol. The van der Waals surface area contributed by atoms with Crippen LogP contribution in [0.2, 0.25) is 0 Å². The fourth-order valence-corrected chi connectivity index (χ4v) is 2.43. The van der Waals surface area contributed by atoms with Crippen LogP contribution < -0.4 is 5.32 Å². The molecule has 2 atom stereocenters. The number of aromatic nitrogens is 2. The van der Waals surface area contributed by atoms with Crippen LogP contribution in [-0.4, -0.2) is 33.8 Å². The van der Waals surface area contributed by atoms with Crippen LogP contribution in [0.3, 0.4) is 0 Å². The summed E-state index contributed by atoms with van der Waals surface area (Å²) in [6, 6.07) is 0.299. The molecule has 1 aliphatic rings. The number of rotatable bonds is 5. The summed E-state index contributed by atoms with van der Waals surface area (Å²) in [7, 11) is 0. The molecule has 1 aromatic heterocycles. The molecule has 0 saturated heterocycles. The van der Waals surface area contributed by atoms with Gasteiger partial charge < -0.3 is 14.9 Å². The van der Waals surface area contributed by atoms with E-state index in [0.29, 0.717) is 24.2 Å². The van der Waals surface area contributed by atoms with Gasteiger partial charge in [0, 0.05) is 25.9 Å². The first-order valence-electron chi connectivity index (χ1n) is 6.40. The molecule has 0 spiro atoms. The third-order valence-corrected chi connectivity index (χ3v) is 3.37. The number of aliphatic carboxylic acids is 1. The minimum atomic E-state index is -0.671. The van der Waals surface area contributed by atoms with E-state index in [4.69, 9.17) is 9.63 Å². The van der Waals surface area contributed by atoms with Gasteiger partial charge >= 0.3 is 5.97 Å². The lowest BCUT2D eigenvalue weighted by atomic mass is 9.86. The highest BCUT2D eigenvalue weighted by Crippen LogP contribution is 2.24. The van der Waals surface area contributed by atoms with Crippen molar-refractivity contribution < 1.29 is 14.4 Å². The van der Waals surface area contributed by atoms with Crippen LogP contribution in [0, 0.1) is 12.8 Å². The second-order valence-corrected chi connectivity index (χ2v) is 4.83. The summed E-state index contributed by atoms with van der Waals surface area (Å²) in [6.45, 7) is 2.53. The lowest BCUT2D eigenvalue weighted by Crippen LogP contribution is -2.37. The molecular formula is C12H19N3O3. The van der Waals surface area contributed by atoms with Gasteiger partial charge in [0.1, 0.15) is 0 Å². The molecular weight excluding hydrogens is 234 g/mol. The number of hydrogen-bond acceptors (Lipinski definition) is 5. The van der Waals surface area contributed by atoms with Gasteiger partial charge in [-0.15, -0.1) is 0 Å². The number of carbonyl (C=O) groups is 1. The summed E-state index contributed by atoms with van der Waals surface area (Å²) < 4.78 is 4.89. The molecule has 0 aliphatic heterocycles. The SMILES string of the molecule is Cc1nc(CCNC2CCCC(C(=O)O)C2)no1. The van der Waals surface area contributed by atoms with Crippen molar-refractivity contribution in [2.24, 2.45) is 5.92 Å². The average Bonchev–Trinajstić information content (AvgIpc) is 2.75. The summed E-state index contributed by atoms with van der Waals surface area (Å²) in [6.07, 6.45) is 4.27. The second kappa shape index (κ2) is 5.95. The molecule has 2 N–H and O–H groups in total. The third-order valence-electron chi connectivity index (χ3n) is 3.37. The largest absolute Gasteiger partial charge is 0.481 e. The predicted octanol–water partition coefficient (Wildman–Crippen LogP) is 1.15. The first-order valence-corrected chi connectivity index (χ1v) is 6.40. The lowest BCUT2D eigenvalue weighted by Gasteiger charge is -2.27. The van der Waals surface area contributed by atoms with Crippen molar-refractivity contribution in [3.8, 4) is 0 Å². The number of aryl methyl sites for hydroxylation is 1. The fourth-order valence-electron chi connectivity index (χ4n) is 2.43. The van der Waals surface area contributed by atoms with E-state index in [2.05, 4.69) is 15.5 Å². The van der Waals surface area contributed by atoms with Crippen LogP contribution in [0.1, 0.15) is 37.4 Å². The zero-order chi connectivity index (χ0) is 13.0. The fraction of sp³-hybridized carbons (Fsp3) is 0.750. The summed E-state index contributed by atoms with van der Waals surface area (Å²) in [5.74, 6) is 0.415. The molecule has 2 rings (SSSR count). The van der Waals surface area contributed by atoms with E-state index < -0.39 is 5.97 Å². The average molecular weight is 253 g/mol. The van der Waals surface area contributed by atoms with Gasteiger partial charge in [-0.2, -0.15) is 4.98 Å². The molecule has 2 unspecified atom stereocenters. The maximum atomic E-state index is 10.9. The van der Waals surface area contributed by atoms with Crippen molar-refractivity contribution in [2.45, 2.75) is 45.1 Å². The summed E-state index contributed by atoms with van der Waals surface area (Å²) in [5.41, 5.74) is 0. The van der Waals surface area contributed by atoms with Crippen LogP contribution in [0.4, 0.5) is 0 Å². The first-order chi connectivity index (χ1) is 8.65. The summed E-state index contributed by atoms with van der Waals surface area (Å²) >= 11 is 0. The molecule has 18 heavy (non-hydrogen) atoms. The van der Waals surface area contributed by atoms with Gasteiger partial charge in [0.15, 0.2) is 5.82 Å². The van der Waals surface area contributed by atoms with E-state index in [1.165, 1.54) is 0 Å². The van der Waals surface area contributed by atoms with E-state index in [1.807, 2.05) is 0 Å². The molecule has 1 aliphatic carbocycles. The van der Waals surface area contributed by atoms with Gasteiger partial charge in [0.25, 0.3) is 0 Å². The molecule has 100 valence electrons. The lowest BCUT2D eigenvalue weighted by molar-refractivity contribution is -0.143. The van der Waals surface area contributed by atoms with Crippen molar-refractivity contribution >= 4 is 5.97 Å². The highest BCUT2D eigenvalue weighted by Gasteiger charge is 2.26. The normalized spacial score (nSPS) is 24.1. The molecule has 1 saturated carbocycles. The van der Waals surface area contributed by atoms with Gasteiger partial charge in [-0.05, 0) is 19.3 Å². The van der Waals surface area contributed by atoms with Gasteiger partial charge in [-0.25, -0.2) is 0 Å². The highest BCUT2D eigenvalue weighted by atomic mass is 16.5. The Morgan fingerprint density at radius 3 is 3.06 bits per heavy atom. The molecule has 1 aromatic rings. The maximum Gasteiger partial charge on any atom is 0.306 e. The number of carboxylic acids is 1. The zero-order valence-corrected chi connectivity index (χ0v) is 10.6. The van der Waals surface area contributed by atoms with Crippen LogP contribution in [0.25, 0.3) is 0 Å². The number of nitrogens with one attached hydrogen (secondary N) is 1. The Labute approximate surface area is 106 Å².